The maximum absolute atomic E-state index is 13.2. The van der Waals surface area contributed by atoms with E-state index in [0.29, 0.717) is 33.4 Å². The zero-order valence-electron chi connectivity index (χ0n) is 15.3. The summed E-state index contributed by atoms with van der Waals surface area (Å²) in [5, 5.41) is 12.0. The minimum atomic E-state index is -0.418. The molecule has 1 amide bonds. The van der Waals surface area contributed by atoms with Crippen LogP contribution in [0.3, 0.4) is 0 Å². The van der Waals surface area contributed by atoms with Gasteiger partial charge in [-0.25, -0.2) is 4.39 Å². The summed E-state index contributed by atoms with van der Waals surface area (Å²) >= 11 is 5.31. The number of nitrogens with one attached hydrogen (secondary N) is 2. The van der Waals surface area contributed by atoms with Gasteiger partial charge < -0.3 is 10.3 Å². The molecule has 146 valence electrons. The second kappa shape index (κ2) is 7.73. The van der Waals surface area contributed by atoms with E-state index in [9.17, 15) is 14.0 Å². The van der Waals surface area contributed by atoms with Crippen molar-refractivity contribution < 1.29 is 9.18 Å². The largest absolute Gasteiger partial charge is 0.331 e. The number of fused-ring (bicyclic) bond motifs is 1. The van der Waals surface area contributed by atoms with E-state index < -0.39 is 11.7 Å². The fourth-order valence-electron chi connectivity index (χ4n) is 3.05. The zero-order valence-corrected chi connectivity index (χ0v) is 16.2. The molecule has 0 unspecified atom stereocenters. The van der Waals surface area contributed by atoms with Crippen molar-refractivity contribution in [3.63, 3.8) is 0 Å². The van der Waals surface area contributed by atoms with Crippen molar-refractivity contribution in [2.45, 2.75) is 0 Å². The molecule has 30 heavy (non-hydrogen) atoms. The second-order valence-electron chi connectivity index (χ2n) is 6.45. The van der Waals surface area contributed by atoms with Crippen molar-refractivity contribution in [1.29, 1.82) is 5.26 Å². The molecule has 0 aliphatic carbocycles. The number of nitrogens with zero attached hydrogens (tertiary/aromatic N) is 2. The molecule has 0 radical (unpaired) electrons. The number of aromatic amines is 1. The first-order valence-electron chi connectivity index (χ1n) is 8.83. The molecule has 1 aromatic heterocycles. The van der Waals surface area contributed by atoms with Gasteiger partial charge in [0.1, 0.15) is 5.82 Å². The van der Waals surface area contributed by atoms with E-state index in [0.717, 1.165) is 0 Å². The van der Waals surface area contributed by atoms with Crippen LogP contribution in [-0.4, -0.2) is 15.5 Å². The van der Waals surface area contributed by atoms with Gasteiger partial charge in [-0.2, -0.15) is 5.26 Å². The Morgan fingerprint density at radius 1 is 1.10 bits per heavy atom. The first-order valence-corrected chi connectivity index (χ1v) is 9.23. The SMILES string of the molecule is N#Cc1cccc(NC(=O)c2ccc3c(=O)n(-c4ccc(F)cc4)c(=S)[nH]c3c2)c1. The lowest BCUT2D eigenvalue weighted by Gasteiger charge is -2.10. The highest BCUT2D eigenvalue weighted by molar-refractivity contribution is 7.71. The maximum atomic E-state index is 13.2. The lowest BCUT2D eigenvalue weighted by molar-refractivity contribution is 0.102. The Bertz CT molecular complexity index is 1450. The minimum Gasteiger partial charge on any atom is -0.331 e. The molecular formula is C22H13FN4O2S. The van der Waals surface area contributed by atoms with E-state index in [1.165, 1.54) is 47.0 Å². The Labute approximate surface area is 174 Å². The van der Waals surface area contributed by atoms with E-state index in [-0.39, 0.29) is 10.3 Å². The molecule has 0 saturated carbocycles. The van der Waals surface area contributed by atoms with Crippen LogP contribution in [0.5, 0.6) is 0 Å². The average molecular weight is 416 g/mol. The van der Waals surface area contributed by atoms with Crippen LogP contribution in [0.25, 0.3) is 16.6 Å². The van der Waals surface area contributed by atoms with E-state index >= 15 is 0 Å². The lowest BCUT2D eigenvalue weighted by atomic mass is 10.1. The first-order chi connectivity index (χ1) is 14.5. The third-order valence-electron chi connectivity index (χ3n) is 4.49. The zero-order chi connectivity index (χ0) is 21.3. The van der Waals surface area contributed by atoms with Gasteiger partial charge in [-0.15, -0.1) is 0 Å². The molecule has 0 saturated heterocycles. The third-order valence-corrected chi connectivity index (χ3v) is 4.78. The van der Waals surface area contributed by atoms with Crippen molar-refractivity contribution >= 4 is 34.7 Å². The number of hydrogen-bond acceptors (Lipinski definition) is 4. The molecule has 0 bridgehead atoms. The number of carbonyl (C=O) groups excluding carboxylic acids is 1. The minimum absolute atomic E-state index is 0.124. The molecule has 8 heteroatoms. The van der Waals surface area contributed by atoms with Gasteiger partial charge in [0.2, 0.25) is 0 Å². The van der Waals surface area contributed by atoms with E-state index in [1.807, 2.05) is 6.07 Å². The van der Waals surface area contributed by atoms with Crippen molar-refractivity contribution in [1.82, 2.24) is 9.55 Å². The number of carbonyl (C=O) groups is 1. The van der Waals surface area contributed by atoms with Crippen LogP contribution in [0.1, 0.15) is 15.9 Å². The number of nitriles is 1. The number of amides is 1. The molecule has 0 spiro atoms. The summed E-state index contributed by atoms with van der Waals surface area (Å²) in [5.74, 6) is -0.813. The summed E-state index contributed by atoms with van der Waals surface area (Å²) < 4.78 is 14.6. The standard InChI is InChI=1S/C22H13FN4O2S/c23-15-5-7-17(8-6-15)27-21(29)18-9-4-14(11-19(18)26-22(27)30)20(28)25-16-3-1-2-13(10-16)12-24/h1-11H,(H,25,28)(H,26,30). The van der Waals surface area contributed by atoms with E-state index in [2.05, 4.69) is 10.3 Å². The highest BCUT2D eigenvalue weighted by atomic mass is 32.1. The molecule has 2 N–H and O–H groups in total. The molecule has 0 fully saturated rings. The Morgan fingerprint density at radius 3 is 2.60 bits per heavy atom. The molecule has 0 atom stereocenters. The predicted molar refractivity (Wildman–Crippen MR) is 114 cm³/mol. The van der Waals surface area contributed by atoms with Gasteiger partial charge in [0.05, 0.1) is 28.2 Å². The highest BCUT2D eigenvalue weighted by Gasteiger charge is 2.12. The monoisotopic (exact) mass is 416 g/mol. The van der Waals surface area contributed by atoms with Gasteiger partial charge in [-0.05, 0) is 72.9 Å². The summed E-state index contributed by atoms with van der Waals surface area (Å²) in [6, 6.07) is 18.6. The van der Waals surface area contributed by atoms with Crippen LogP contribution in [0.2, 0.25) is 0 Å². The highest BCUT2D eigenvalue weighted by Crippen LogP contribution is 2.16. The molecule has 6 nitrogen and oxygen atoms in total. The smallest absolute Gasteiger partial charge is 0.266 e. The fourth-order valence-corrected chi connectivity index (χ4v) is 3.35. The summed E-state index contributed by atoms with van der Waals surface area (Å²) in [6.45, 7) is 0. The number of aromatic nitrogens is 2. The molecule has 1 heterocycles. The predicted octanol–water partition coefficient (Wildman–Crippen LogP) is 4.31. The molecule has 3 aromatic carbocycles. The second-order valence-corrected chi connectivity index (χ2v) is 6.84. The van der Waals surface area contributed by atoms with Crippen molar-refractivity contribution in [2.75, 3.05) is 5.32 Å². The van der Waals surface area contributed by atoms with Crippen molar-refractivity contribution in [2.24, 2.45) is 0 Å². The van der Waals surface area contributed by atoms with Crippen LogP contribution in [0.15, 0.2) is 71.5 Å². The quantitative estimate of drug-likeness (QED) is 0.487. The van der Waals surface area contributed by atoms with Crippen molar-refractivity contribution in [3.05, 3.63) is 98.8 Å². The van der Waals surface area contributed by atoms with Gasteiger partial charge in [-0.1, -0.05) is 6.07 Å². The van der Waals surface area contributed by atoms with Crippen LogP contribution in [0, 0.1) is 21.9 Å². The maximum Gasteiger partial charge on any atom is 0.266 e. The third kappa shape index (κ3) is 3.62. The summed E-state index contributed by atoms with van der Waals surface area (Å²) in [6.07, 6.45) is 0. The number of benzene rings is 3. The Balaban J connectivity index is 1.73. The normalized spacial score (nSPS) is 10.5. The van der Waals surface area contributed by atoms with Gasteiger partial charge in [-0.3, -0.25) is 14.2 Å². The first kappa shape index (κ1) is 19.2. The number of halogens is 1. The molecule has 0 aliphatic rings. The number of H-pyrrole nitrogens is 1. The van der Waals surface area contributed by atoms with E-state index in [1.54, 1.807) is 24.3 Å². The lowest BCUT2D eigenvalue weighted by Crippen LogP contribution is -2.21. The Kier molecular flexibility index (Phi) is 4.96. The van der Waals surface area contributed by atoms with Crippen LogP contribution in [0.4, 0.5) is 10.1 Å². The van der Waals surface area contributed by atoms with Crippen LogP contribution >= 0.6 is 12.2 Å². The van der Waals surface area contributed by atoms with Gasteiger partial charge >= 0.3 is 0 Å². The average Bonchev–Trinajstić information content (AvgIpc) is 2.74. The van der Waals surface area contributed by atoms with Gasteiger partial charge in [0.25, 0.3) is 11.5 Å². The topological polar surface area (TPSA) is 90.7 Å². The van der Waals surface area contributed by atoms with E-state index in [4.69, 9.17) is 17.5 Å². The van der Waals surface area contributed by atoms with Crippen LogP contribution < -0.4 is 10.9 Å². The summed E-state index contributed by atoms with van der Waals surface area (Å²) in [4.78, 5) is 28.5. The summed E-state index contributed by atoms with van der Waals surface area (Å²) in [7, 11) is 0. The number of rotatable bonds is 3. The molecular weight excluding hydrogens is 403 g/mol. The van der Waals surface area contributed by atoms with Gasteiger partial charge in [0, 0.05) is 11.3 Å². The van der Waals surface area contributed by atoms with Gasteiger partial charge in [0.15, 0.2) is 4.77 Å². The molecule has 0 aliphatic heterocycles. The number of hydrogen-bond donors (Lipinski definition) is 2. The molecule has 4 aromatic rings. The van der Waals surface area contributed by atoms with Crippen molar-refractivity contribution in [3.8, 4) is 11.8 Å². The number of anilines is 1. The Hall–Kier alpha value is -4.09. The summed E-state index contributed by atoms with van der Waals surface area (Å²) in [5.41, 5.74) is 1.68. The molecule has 4 rings (SSSR count). The Morgan fingerprint density at radius 2 is 1.87 bits per heavy atom. The fraction of sp³-hybridized carbons (Fsp3) is 0. The van der Waals surface area contributed by atoms with Crippen LogP contribution in [-0.2, 0) is 0 Å².